The summed E-state index contributed by atoms with van der Waals surface area (Å²) in [7, 11) is 1.46. The molecule has 0 aliphatic heterocycles. The Bertz CT molecular complexity index is 617. The average Bonchev–Trinajstić information content (AvgIpc) is 2.33. The zero-order chi connectivity index (χ0) is 14.5. The quantitative estimate of drug-likeness (QED) is 0.514. The highest BCUT2D eigenvalue weighted by Crippen LogP contribution is 2.18. The van der Waals surface area contributed by atoms with Gasteiger partial charge in [0.1, 0.15) is 0 Å². The van der Waals surface area contributed by atoms with Gasteiger partial charge in [-0.2, -0.15) is 0 Å². The van der Waals surface area contributed by atoms with Crippen LogP contribution in [0.4, 0.5) is 0 Å². The van der Waals surface area contributed by atoms with Crippen LogP contribution < -0.4 is 5.32 Å². The second-order valence-electron chi connectivity index (χ2n) is 3.98. The van der Waals surface area contributed by atoms with E-state index in [1.165, 1.54) is 18.2 Å². The van der Waals surface area contributed by atoms with Crippen molar-refractivity contribution in [1.29, 1.82) is 0 Å². The minimum Gasteiger partial charge on any atom is -0.352 e. The van der Waals surface area contributed by atoms with Crippen LogP contribution >= 0.6 is 10.7 Å². The van der Waals surface area contributed by atoms with Crippen molar-refractivity contribution in [2.45, 2.75) is 24.7 Å². The van der Waals surface area contributed by atoms with E-state index in [9.17, 15) is 13.2 Å². The summed E-state index contributed by atoms with van der Waals surface area (Å²) < 4.78 is 22.3. The normalized spacial score (nSPS) is 10.8. The Balaban J connectivity index is 2.80. The summed E-state index contributed by atoms with van der Waals surface area (Å²) in [5, 5.41) is 2.72. The molecule has 102 valence electrons. The Hall–Kier alpha value is -1.51. The first kappa shape index (κ1) is 15.5. The van der Waals surface area contributed by atoms with Crippen LogP contribution in [-0.4, -0.2) is 20.9 Å². The third-order valence-electron chi connectivity index (χ3n) is 2.51. The van der Waals surface area contributed by atoms with Crippen LogP contribution in [0.2, 0.25) is 0 Å². The van der Waals surface area contributed by atoms with Crippen molar-refractivity contribution in [1.82, 2.24) is 5.32 Å². The third kappa shape index (κ3) is 4.58. The molecule has 0 radical (unpaired) electrons. The second kappa shape index (κ2) is 6.60. The van der Waals surface area contributed by atoms with Gasteiger partial charge in [-0.3, -0.25) is 4.79 Å². The molecule has 0 aromatic heterocycles. The van der Waals surface area contributed by atoms with E-state index in [0.29, 0.717) is 30.5 Å². The molecule has 0 bridgehead atoms. The number of amides is 1. The molecule has 0 spiro atoms. The van der Waals surface area contributed by atoms with Gasteiger partial charge in [0.15, 0.2) is 0 Å². The molecule has 1 amide bonds. The molecule has 0 saturated heterocycles. The number of halogens is 1. The summed E-state index contributed by atoms with van der Waals surface area (Å²) >= 11 is 0. The van der Waals surface area contributed by atoms with Gasteiger partial charge in [-0.15, -0.1) is 12.3 Å². The number of rotatable bonds is 5. The van der Waals surface area contributed by atoms with Crippen LogP contribution in [0.3, 0.4) is 0 Å². The first-order valence-corrected chi connectivity index (χ1v) is 7.94. The summed E-state index contributed by atoms with van der Waals surface area (Å²) in [6, 6.07) is 4.13. The molecule has 6 heteroatoms. The van der Waals surface area contributed by atoms with Gasteiger partial charge in [-0.1, -0.05) is 0 Å². The fourth-order valence-electron chi connectivity index (χ4n) is 1.53. The number of hydrogen-bond donors (Lipinski definition) is 1. The number of nitrogens with one attached hydrogen (secondary N) is 1. The van der Waals surface area contributed by atoms with Crippen LogP contribution in [0.25, 0.3) is 0 Å². The number of carbonyl (C=O) groups excluding carboxylic acids is 1. The predicted octanol–water partition coefficient (Wildman–Crippen LogP) is 2.07. The van der Waals surface area contributed by atoms with Gasteiger partial charge < -0.3 is 5.32 Å². The topological polar surface area (TPSA) is 63.2 Å². The van der Waals surface area contributed by atoms with Gasteiger partial charge in [0.05, 0.1) is 4.90 Å². The van der Waals surface area contributed by atoms with E-state index in [1.54, 1.807) is 6.92 Å². The first-order chi connectivity index (χ1) is 8.86. The smallest absolute Gasteiger partial charge is 0.261 e. The molecular weight excluding hydrogens is 286 g/mol. The monoisotopic (exact) mass is 299 g/mol. The van der Waals surface area contributed by atoms with E-state index in [1.807, 2.05) is 0 Å². The Morgan fingerprint density at radius 2 is 2.16 bits per heavy atom. The lowest BCUT2D eigenvalue weighted by Gasteiger charge is -2.08. The van der Waals surface area contributed by atoms with Crippen molar-refractivity contribution in [3.8, 4) is 12.3 Å². The fraction of sp³-hybridized carbons (Fsp3) is 0.308. The standard InChI is InChI=1S/C13H14ClNO3S/c1-3-4-5-8-15-13(16)12-7-6-11(9-10(12)2)19(14,17)18/h1,6-7,9H,4-5,8H2,2H3,(H,15,16). The minimum absolute atomic E-state index is 0.0180. The number of benzene rings is 1. The van der Waals surface area contributed by atoms with Crippen molar-refractivity contribution in [3.05, 3.63) is 29.3 Å². The second-order valence-corrected chi connectivity index (χ2v) is 6.54. The molecule has 19 heavy (non-hydrogen) atoms. The van der Waals surface area contributed by atoms with Crippen LogP contribution in [-0.2, 0) is 9.05 Å². The largest absolute Gasteiger partial charge is 0.352 e. The molecule has 1 N–H and O–H groups in total. The summed E-state index contributed by atoms with van der Waals surface area (Å²) in [5.74, 6) is 2.23. The fourth-order valence-corrected chi connectivity index (χ4v) is 2.37. The lowest BCUT2D eigenvalue weighted by Crippen LogP contribution is -2.25. The van der Waals surface area contributed by atoms with Crippen molar-refractivity contribution < 1.29 is 13.2 Å². The minimum atomic E-state index is -3.77. The van der Waals surface area contributed by atoms with E-state index in [0.717, 1.165) is 0 Å². The Morgan fingerprint density at radius 3 is 2.68 bits per heavy atom. The van der Waals surface area contributed by atoms with Gasteiger partial charge in [0.2, 0.25) is 0 Å². The average molecular weight is 300 g/mol. The first-order valence-electron chi connectivity index (χ1n) is 5.63. The van der Waals surface area contributed by atoms with Crippen LogP contribution in [0, 0.1) is 19.3 Å². The summed E-state index contributed by atoms with van der Waals surface area (Å²) in [5.41, 5.74) is 0.973. The number of carbonyl (C=O) groups is 1. The maximum Gasteiger partial charge on any atom is 0.261 e. The maximum atomic E-state index is 11.8. The molecule has 1 aromatic rings. The number of aryl methyl sites for hydroxylation is 1. The molecule has 0 saturated carbocycles. The van der Waals surface area contributed by atoms with Gasteiger partial charge in [-0.25, -0.2) is 8.42 Å². The summed E-state index contributed by atoms with van der Waals surface area (Å²) in [4.78, 5) is 11.8. The third-order valence-corrected chi connectivity index (χ3v) is 3.86. The highest BCUT2D eigenvalue weighted by atomic mass is 35.7. The van der Waals surface area contributed by atoms with Crippen molar-refractivity contribution in [2.75, 3.05) is 6.54 Å². The van der Waals surface area contributed by atoms with Crippen LogP contribution in [0.15, 0.2) is 23.1 Å². The highest BCUT2D eigenvalue weighted by molar-refractivity contribution is 8.13. The van der Waals surface area contributed by atoms with E-state index in [-0.39, 0.29) is 10.8 Å². The summed E-state index contributed by atoms with van der Waals surface area (Å²) in [6.07, 6.45) is 6.41. The van der Waals surface area contributed by atoms with Gasteiger partial charge in [0.25, 0.3) is 15.0 Å². The molecule has 4 nitrogen and oxygen atoms in total. The number of hydrogen-bond acceptors (Lipinski definition) is 3. The molecule has 1 rings (SSSR count). The number of terminal acetylenes is 1. The molecular formula is C13H14ClNO3S. The zero-order valence-electron chi connectivity index (χ0n) is 10.4. The molecule has 0 aliphatic rings. The molecule has 0 unspecified atom stereocenters. The van der Waals surface area contributed by atoms with Crippen LogP contribution in [0.1, 0.15) is 28.8 Å². The number of unbranched alkanes of at least 4 members (excludes halogenated alkanes) is 1. The lowest BCUT2D eigenvalue weighted by molar-refractivity contribution is 0.0952. The zero-order valence-corrected chi connectivity index (χ0v) is 12.0. The molecule has 0 fully saturated rings. The van der Waals surface area contributed by atoms with Gasteiger partial charge in [0, 0.05) is 29.2 Å². The SMILES string of the molecule is C#CCCCNC(=O)c1ccc(S(=O)(=O)Cl)cc1C. The van der Waals surface area contributed by atoms with E-state index in [4.69, 9.17) is 17.1 Å². The van der Waals surface area contributed by atoms with E-state index >= 15 is 0 Å². The lowest BCUT2D eigenvalue weighted by atomic mass is 10.1. The Labute approximate surface area is 117 Å². The summed E-state index contributed by atoms with van der Waals surface area (Å²) in [6.45, 7) is 2.14. The Morgan fingerprint density at radius 1 is 1.47 bits per heavy atom. The maximum absolute atomic E-state index is 11.8. The predicted molar refractivity (Wildman–Crippen MR) is 74.6 cm³/mol. The van der Waals surface area contributed by atoms with Gasteiger partial charge in [-0.05, 0) is 37.1 Å². The molecule has 0 atom stereocenters. The molecule has 0 aliphatic carbocycles. The Kier molecular flexibility index (Phi) is 5.40. The van der Waals surface area contributed by atoms with E-state index < -0.39 is 9.05 Å². The van der Waals surface area contributed by atoms with Crippen molar-refractivity contribution in [3.63, 3.8) is 0 Å². The van der Waals surface area contributed by atoms with Crippen LogP contribution in [0.5, 0.6) is 0 Å². The van der Waals surface area contributed by atoms with Crippen molar-refractivity contribution in [2.24, 2.45) is 0 Å². The van der Waals surface area contributed by atoms with Crippen molar-refractivity contribution >= 4 is 25.6 Å². The molecule has 0 heterocycles. The molecule has 1 aromatic carbocycles. The van der Waals surface area contributed by atoms with Gasteiger partial charge >= 0.3 is 0 Å². The highest BCUT2D eigenvalue weighted by Gasteiger charge is 2.14. The van der Waals surface area contributed by atoms with E-state index in [2.05, 4.69) is 11.2 Å².